The number of aliphatic imine (C=N–C) groups is 1. The highest BCUT2D eigenvalue weighted by Crippen LogP contribution is 2.49. The molecule has 210 valence electrons. The lowest BCUT2D eigenvalue weighted by Crippen LogP contribution is -2.54. The summed E-state index contributed by atoms with van der Waals surface area (Å²) < 4.78 is 14.5. The maximum absolute atomic E-state index is 7.36. The largest absolute Gasteiger partial charge is 0.410 e. The Bertz CT molecular complexity index is 1200. The molecule has 4 heteroatoms. The first-order valence-electron chi connectivity index (χ1n) is 14.9. The van der Waals surface area contributed by atoms with Crippen LogP contribution in [0.5, 0.6) is 0 Å². The van der Waals surface area contributed by atoms with E-state index in [4.69, 9.17) is 14.2 Å². The molecule has 2 aliphatic rings. The van der Waals surface area contributed by atoms with Gasteiger partial charge in [0.2, 0.25) is 0 Å². The summed E-state index contributed by atoms with van der Waals surface area (Å²) in [5.41, 5.74) is 2.52. The maximum atomic E-state index is 7.36. The molecule has 3 aromatic carbocycles. The molecule has 0 aromatic heterocycles. The molecule has 1 aliphatic carbocycles. The molecule has 0 N–H and O–H groups in total. The molecule has 1 aliphatic heterocycles. The summed E-state index contributed by atoms with van der Waals surface area (Å²) >= 11 is 0. The molecule has 0 fully saturated rings. The Kier molecular flexibility index (Phi) is 8.33. The monoisotopic (exact) mass is 551 g/mol. The Balaban J connectivity index is 1.57. The van der Waals surface area contributed by atoms with Gasteiger partial charge >= 0.3 is 0 Å². The molecule has 5 rings (SSSR count). The quantitative estimate of drug-likeness (QED) is 0.159. The third-order valence-corrected chi connectivity index (χ3v) is 14.0. The van der Waals surface area contributed by atoms with Crippen LogP contribution in [0.2, 0.25) is 18.1 Å². The van der Waals surface area contributed by atoms with Crippen molar-refractivity contribution in [1.29, 1.82) is 0 Å². The number of ether oxygens (including phenoxy) is 1. The van der Waals surface area contributed by atoms with Crippen LogP contribution in [0.1, 0.15) is 56.7 Å². The lowest BCUT2D eigenvalue weighted by Gasteiger charge is -2.51. The molecule has 0 bridgehead atoms. The lowest BCUT2D eigenvalue weighted by atomic mass is 9.64. The Labute approximate surface area is 242 Å². The van der Waals surface area contributed by atoms with Crippen LogP contribution in [-0.4, -0.2) is 33.8 Å². The van der Waals surface area contributed by atoms with E-state index in [-0.39, 0.29) is 22.5 Å². The van der Waals surface area contributed by atoms with Crippen LogP contribution in [0, 0.1) is 11.3 Å². The van der Waals surface area contributed by atoms with Crippen LogP contribution >= 0.6 is 0 Å². The second kappa shape index (κ2) is 11.6. The van der Waals surface area contributed by atoms with Gasteiger partial charge in [0.05, 0.1) is 12.7 Å². The van der Waals surface area contributed by atoms with E-state index in [9.17, 15) is 0 Å². The van der Waals surface area contributed by atoms with Gasteiger partial charge in [-0.3, -0.25) is 4.99 Å². The first-order valence-corrected chi connectivity index (χ1v) is 17.8. The van der Waals surface area contributed by atoms with E-state index in [1.807, 2.05) is 0 Å². The summed E-state index contributed by atoms with van der Waals surface area (Å²) in [6.45, 7) is 13.2. The van der Waals surface area contributed by atoms with Crippen molar-refractivity contribution in [3.63, 3.8) is 0 Å². The topological polar surface area (TPSA) is 30.8 Å². The molecule has 3 aromatic rings. The third kappa shape index (κ3) is 5.42. The summed E-state index contributed by atoms with van der Waals surface area (Å²) in [5.74, 6) is 0.256. The van der Waals surface area contributed by atoms with Crippen molar-refractivity contribution in [2.75, 3.05) is 13.2 Å². The molecule has 0 unspecified atom stereocenters. The van der Waals surface area contributed by atoms with E-state index in [2.05, 4.69) is 143 Å². The SMILES string of the molecule is CC(C)(C)[Si](C)(C)O[C@@H]1C=CC[C@H](COC(c2ccccc2)(c2ccccc2)c2ccccc2)[C@]12C=NCCC2. The average molecular weight is 552 g/mol. The number of hydrogen-bond donors (Lipinski definition) is 0. The average Bonchev–Trinajstić information content (AvgIpc) is 2.97. The van der Waals surface area contributed by atoms with Gasteiger partial charge in [0.25, 0.3) is 0 Å². The van der Waals surface area contributed by atoms with Crippen molar-refractivity contribution < 1.29 is 9.16 Å². The van der Waals surface area contributed by atoms with Gasteiger partial charge < -0.3 is 9.16 Å². The van der Waals surface area contributed by atoms with Gasteiger partial charge in [-0.2, -0.15) is 0 Å². The van der Waals surface area contributed by atoms with Crippen molar-refractivity contribution >= 4 is 14.5 Å². The van der Waals surface area contributed by atoms with Crippen molar-refractivity contribution in [3.05, 3.63) is 120 Å². The molecule has 3 nitrogen and oxygen atoms in total. The van der Waals surface area contributed by atoms with Gasteiger partial charge in [-0.1, -0.05) is 124 Å². The molecule has 0 saturated heterocycles. The van der Waals surface area contributed by atoms with Crippen LogP contribution in [-0.2, 0) is 14.8 Å². The maximum Gasteiger partial charge on any atom is 0.192 e. The fourth-order valence-electron chi connectivity index (χ4n) is 6.16. The molecule has 0 amide bonds. The molecular weight excluding hydrogens is 506 g/mol. The molecule has 0 saturated carbocycles. The summed E-state index contributed by atoms with van der Waals surface area (Å²) in [4.78, 5) is 4.89. The third-order valence-electron chi connectivity index (χ3n) is 9.52. The summed E-state index contributed by atoms with van der Waals surface area (Å²) in [5, 5.41) is 0.139. The predicted molar refractivity (Wildman–Crippen MR) is 170 cm³/mol. The Morgan fingerprint density at radius 2 is 1.35 bits per heavy atom. The van der Waals surface area contributed by atoms with Gasteiger partial charge in [0.1, 0.15) is 5.60 Å². The molecule has 40 heavy (non-hydrogen) atoms. The zero-order chi connectivity index (χ0) is 28.3. The lowest BCUT2D eigenvalue weighted by molar-refractivity contribution is -0.0489. The van der Waals surface area contributed by atoms with E-state index in [1.54, 1.807) is 0 Å². The Morgan fingerprint density at radius 1 is 0.825 bits per heavy atom. The van der Waals surface area contributed by atoms with Gasteiger partial charge in [-0.25, -0.2) is 0 Å². The minimum absolute atomic E-state index is 0.0133. The fourth-order valence-corrected chi connectivity index (χ4v) is 7.45. The Hall–Kier alpha value is -2.79. The Morgan fingerprint density at radius 3 is 1.80 bits per heavy atom. The zero-order valence-corrected chi connectivity index (χ0v) is 25.8. The van der Waals surface area contributed by atoms with E-state index in [0.717, 1.165) is 42.5 Å². The van der Waals surface area contributed by atoms with Crippen LogP contribution < -0.4 is 0 Å². The standard InChI is InChI=1S/C36H45NO2Si/c1-34(2,3)40(4,5)39-33-24-15-23-32(35(33)25-16-26-37-28-35)27-38-36(29-17-9-6-10-18-29,30-19-11-7-12-20-30)31-21-13-8-14-22-31/h6-15,17-22,24,28,32-33H,16,23,25-27H2,1-5H3/t32-,33-,35+/m1/s1. The predicted octanol–water partition coefficient (Wildman–Crippen LogP) is 8.81. The van der Waals surface area contributed by atoms with E-state index in [0.29, 0.717) is 6.61 Å². The highest BCUT2D eigenvalue weighted by Gasteiger charge is 2.51. The number of allylic oxidation sites excluding steroid dienone is 1. The summed E-state index contributed by atoms with van der Waals surface area (Å²) in [7, 11) is -2.00. The highest BCUT2D eigenvalue weighted by molar-refractivity contribution is 6.74. The summed E-state index contributed by atoms with van der Waals surface area (Å²) in [6, 6.07) is 32.1. The van der Waals surface area contributed by atoms with Crippen molar-refractivity contribution in [1.82, 2.24) is 0 Å². The van der Waals surface area contributed by atoms with Crippen molar-refractivity contribution in [3.8, 4) is 0 Å². The number of hydrogen-bond acceptors (Lipinski definition) is 3. The zero-order valence-electron chi connectivity index (χ0n) is 24.8. The van der Waals surface area contributed by atoms with E-state index >= 15 is 0 Å². The number of benzene rings is 3. The highest BCUT2D eigenvalue weighted by atomic mass is 28.4. The van der Waals surface area contributed by atoms with Crippen LogP contribution in [0.4, 0.5) is 0 Å². The minimum Gasteiger partial charge on any atom is -0.410 e. The fraction of sp³-hybridized carbons (Fsp3) is 0.417. The van der Waals surface area contributed by atoms with E-state index < -0.39 is 13.9 Å². The first-order chi connectivity index (χ1) is 19.2. The molecule has 1 spiro atoms. The van der Waals surface area contributed by atoms with Crippen molar-refractivity contribution in [2.24, 2.45) is 16.3 Å². The van der Waals surface area contributed by atoms with Crippen molar-refractivity contribution in [2.45, 2.75) is 69.9 Å². The van der Waals surface area contributed by atoms with E-state index in [1.165, 1.54) is 0 Å². The first kappa shape index (κ1) is 28.7. The van der Waals surface area contributed by atoms with Gasteiger partial charge in [0, 0.05) is 18.2 Å². The molecule has 0 radical (unpaired) electrons. The second-order valence-corrected chi connectivity index (χ2v) is 17.8. The molecule has 3 atom stereocenters. The van der Waals surface area contributed by atoms with Gasteiger partial charge in [-0.15, -0.1) is 0 Å². The number of rotatable bonds is 8. The van der Waals surface area contributed by atoms with Gasteiger partial charge in [0.15, 0.2) is 8.32 Å². The second-order valence-electron chi connectivity index (χ2n) is 13.0. The number of nitrogens with zero attached hydrogens (tertiary/aromatic N) is 1. The smallest absolute Gasteiger partial charge is 0.192 e. The van der Waals surface area contributed by atoms with Crippen LogP contribution in [0.25, 0.3) is 0 Å². The molecular formula is C36H45NO2Si. The van der Waals surface area contributed by atoms with Gasteiger partial charge in [-0.05, 0) is 60.0 Å². The molecule has 1 heterocycles. The van der Waals surface area contributed by atoms with Crippen LogP contribution in [0.3, 0.4) is 0 Å². The summed E-state index contributed by atoms with van der Waals surface area (Å²) in [6.07, 6.45) is 10.0. The normalized spacial score (nSPS) is 23.4. The minimum atomic E-state index is -2.00. The van der Waals surface area contributed by atoms with Crippen LogP contribution in [0.15, 0.2) is 108 Å².